The summed E-state index contributed by atoms with van der Waals surface area (Å²) in [7, 11) is 1.28. The zero-order valence-electron chi connectivity index (χ0n) is 17.0. The lowest BCUT2D eigenvalue weighted by molar-refractivity contribution is 0.0601. The van der Waals surface area contributed by atoms with E-state index < -0.39 is 11.8 Å². The maximum absolute atomic E-state index is 13.5. The van der Waals surface area contributed by atoms with Crippen LogP contribution in [-0.4, -0.2) is 42.1 Å². The van der Waals surface area contributed by atoms with E-state index in [0.717, 1.165) is 16.9 Å². The number of hydrogen-bond donors (Lipinski definition) is 2. The lowest BCUT2D eigenvalue weighted by Gasteiger charge is -2.18. The van der Waals surface area contributed by atoms with Crippen LogP contribution in [0, 0.1) is 19.7 Å². The van der Waals surface area contributed by atoms with Gasteiger partial charge in [0.25, 0.3) is 5.91 Å². The summed E-state index contributed by atoms with van der Waals surface area (Å²) in [6.07, 6.45) is 0. The van der Waals surface area contributed by atoms with E-state index in [0.29, 0.717) is 34.2 Å². The van der Waals surface area contributed by atoms with Gasteiger partial charge in [-0.05, 0) is 63.2 Å². The summed E-state index contributed by atoms with van der Waals surface area (Å²) in [5, 5.41) is 6.46. The van der Waals surface area contributed by atoms with Crippen LogP contribution in [0.4, 0.5) is 15.1 Å². The van der Waals surface area contributed by atoms with Crippen molar-refractivity contribution in [1.29, 1.82) is 0 Å². The lowest BCUT2D eigenvalue weighted by Crippen LogP contribution is -2.30. The molecule has 2 N–H and O–H groups in total. The Hall–Kier alpha value is -2.52. The van der Waals surface area contributed by atoms with Gasteiger partial charge in [-0.25, -0.2) is 9.18 Å². The number of hydrogen-bond acceptors (Lipinski definition) is 5. The Morgan fingerprint density at radius 3 is 2.45 bits per heavy atom. The van der Waals surface area contributed by atoms with Crippen molar-refractivity contribution in [1.82, 2.24) is 4.90 Å². The Bertz CT molecular complexity index is 939. The summed E-state index contributed by atoms with van der Waals surface area (Å²) in [5.41, 5.74) is 2.11. The molecule has 0 unspecified atom stereocenters. The minimum Gasteiger partial charge on any atom is -0.465 e. The number of amides is 1. The normalized spacial score (nSPS) is 10.4. The van der Waals surface area contributed by atoms with Gasteiger partial charge < -0.3 is 20.3 Å². The fourth-order valence-corrected chi connectivity index (χ4v) is 4.24. The van der Waals surface area contributed by atoms with Gasteiger partial charge in [-0.2, -0.15) is 0 Å². The van der Waals surface area contributed by atoms with Crippen LogP contribution in [0.5, 0.6) is 0 Å². The maximum Gasteiger partial charge on any atom is 0.341 e. The van der Waals surface area contributed by atoms with Crippen molar-refractivity contribution in [3.63, 3.8) is 0 Å². The van der Waals surface area contributed by atoms with E-state index in [9.17, 15) is 14.0 Å². The van der Waals surface area contributed by atoms with Crippen LogP contribution in [0.25, 0.3) is 0 Å². The van der Waals surface area contributed by atoms with E-state index in [1.807, 2.05) is 20.8 Å². The highest BCUT2D eigenvalue weighted by atomic mass is 32.1. The topological polar surface area (TPSA) is 70.7 Å². The van der Waals surface area contributed by atoms with Gasteiger partial charge in [0.1, 0.15) is 10.8 Å². The number of thiophene rings is 1. The highest BCUT2D eigenvalue weighted by Gasteiger charge is 2.27. The van der Waals surface area contributed by atoms with Crippen LogP contribution in [0.15, 0.2) is 18.2 Å². The average Bonchev–Trinajstić information content (AvgIpc) is 3.00. The molecule has 0 aliphatic rings. The number of rotatable bonds is 6. The Morgan fingerprint density at radius 1 is 1.21 bits per heavy atom. The fourth-order valence-electron chi connectivity index (χ4n) is 2.79. The van der Waals surface area contributed by atoms with E-state index >= 15 is 0 Å². The van der Waals surface area contributed by atoms with Crippen molar-refractivity contribution in [3.8, 4) is 0 Å². The van der Waals surface area contributed by atoms with E-state index in [1.54, 1.807) is 17.9 Å². The van der Waals surface area contributed by atoms with E-state index in [1.165, 1.54) is 19.2 Å². The molecular formula is C20H24FN3O3S2. The molecule has 2 aromatic rings. The van der Waals surface area contributed by atoms with E-state index in [4.69, 9.17) is 17.0 Å². The summed E-state index contributed by atoms with van der Waals surface area (Å²) < 4.78 is 18.4. The van der Waals surface area contributed by atoms with Crippen LogP contribution < -0.4 is 10.6 Å². The molecule has 0 spiro atoms. The summed E-state index contributed by atoms with van der Waals surface area (Å²) >= 11 is 6.47. The molecule has 0 bridgehead atoms. The number of aryl methyl sites for hydroxylation is 1. The largest absolute Gasteiger partial charge is 0.465 e. The van der Waals surface area contributed by atoms with Crippen LogP contribution >= 0.6 is 23.6 Å². The smallest absolute Gasteiger partial charge is 0.341 e. The van der Waals surface area contributed by atoms with Gasteiger partial charge in [0, 0.05) is 18.8 Å². The molecule has 1 amide bonds. The standard InChI is InChI=1S/C20H24FN3O3S2/c1-6-24(7-2)18(25)16-12(4)15(19(26)27-5)17(29-16)23-20(28)22-14-10-13(21)9-8-11(14)3/h8-10H,6-7H2,1-5H3,(H2,22,23,28). The van der Waals surface area contributed by atoms with Gasteiger partial charge in [0.15, 0.2) is 5.11 Å². The number of halogens is 1. The third-order valence-corrected chi connectivity index (χ3v) is 5.86. The first-order chi connectivity index (χ1) is 13.7. The zero-order valence-corrected chi connectivity index (χ0v) is 18.6. The molecular weight excluding hydrogens is 413 g/mol. The average molecular weight is 438 g/mol. The Balaban J connectivity index is 2.36. The van der Waals surface area contributed by atoms with Gasteiger partial charge in [0.05, 0.1) is 17.6 Å². The molecule has 1 heterocycles. The van der Waals surface area contributed by atoms with Crippen LogP contribution in [-0.2, 0) is 4.74 Å². The van der Waals surface area contributed by atoms with Gasteiger partial charge in [-0.3, -0.25) is 4.79 Å². The second-order valence-corrected chi connectivity index (χ2v) is 7.70. The number of nitrogens with one attached hydrogen (secondary N) is 2. The molecule has 0 radical (unpaired) electrons. The Kier molecular flexibility index (Phi) is 7.69. The third-order valence-electron chi connectivity index (χ3n) is 4.46. The maximum atomic E-state index is 13.5. The zero-order chi connectivity index (χ0) is 21.7. The van der Waals surface area contributed by atoms with Crippen molar-refractivity contribution in [3.05, 3.63) is 45.6 Å². The molecule has 29 heavy (non-hydrogen) atoms. The van der Waals surface area contributed by atoms with Gasteiger partial charge >= 0.3 is 5.97 Å². The number of ether oxygens (including phenoxy) is 1. The number of carbonyl (C=O) groups excluding carboxylic acids is 2. The Morgan fingerprint density at radius 2 is 1.86 bits per heavy atom. The molecule has 9 heteroatoms. The molecule has 6 nitrogen and oxygen atoms in total. The third kappa shape index (κ3) is 5.10. The van der Waals surface area contributed by atoms with Crippen LogP contribution in [0.2, 0.25) is 0 Å². The molecule has 0 atom stereocenters. The quantitative estimate of drug-likeness (QED) is 0.509. The first-order valence-corrected chi connectivity index (χ1v) is 10.3. The van der Waals surface area contributed by atoms with Crippen molar-refractivity contribution in [2.45, 2.75) is 27.7 Å². The summed E-state index contributed by atoms with van der Waals surface area (Å²) in [5.74, 6) is -1.12. The van der Waals surface area contributed by atoms with Crippen molar-refractivity contribution in [2.75, 3.05) is 30.8 Å². The highest BCUT2D eigenvalue weighted by Crippen LogP contribution is 2.34. The molecule has 0 aliphatic carbocycles. The molecule has 1 aromatic heterocycles. The number of benzene rings is 1. The lowest BCUT2D eigenvalue weighted by atomic mass is 10.1. The number of nitrogens with zero attached hydrogens (tertiary/aromatic N) is 1. The van der Waals surface area contributed by atoms with Crippen molar-refractivity contribution in [2.24, 2.45) is 0 Å². The van der Waals surface area contributed by atoms with Crippen molar-refractivity contribution < 1.29 is 18.7 Å². The van der Waals surface area contributed by atoms with Crippen LogP contribution in [0.1, 0.15) is 45.0 Å². The van der Waals surface area contributed by atoms with E-state index in [-0.39, 0.29) is 16.6 Å². The van der Waals surface area contributed by atoms with Gasteiger partial charge in [0.2, 0.25) is 0 Å². The van der Waals surface area contributed by atoms with Gasteiger partial charge in [-0.1, -0.05) is 6.07 Å². The SMILES string of the molecule is CCN(CC)C(=O)c1sc(NC(=S)Nc2cc(F)ccc2C)c(C(=O)OC)c1C. The number of esters is 1. The molecule has 0 fully saturated rings. The molecule has 156 valence electrons. The first-order valence-electron chi connectivity index (χ1n) is 9.08. The monoisotopic (exact) mass is 437 g/mol. The highest BCUT2D eigenvalue weighted by molar-refractivity contribution is 7.80. The second-order valence-electron chi connectivity index (χ2n) is 6.27. The van der Waals surface area contributed by atoms with Crippen LogP contribution in [0.3, 0.4) is 0 Å². The fraction of sp³-hybridized carbons (Fsp3) is 0.350. The summed E-state index contributed by atoms with van der Waals surface area (Å²) in [6, 6.07) is 4.33. The predicted molar refractivity (Wildman–Crippen MR) is 119 cm³/mol. The second kappa shape index (κ2) is 9.80. The number of anilines is 2. The minimum absolute atomic E-state index is 0.157. The summed E-state index contributed by atoms with van der Waals surface area (Å²) in [4.78, 5) is 27.3. The molecule has 1 aromatic carbocycles. The summed E-state index contributed by atoms with van der Waals surface area (Å²) in [6.45, 7) is 8.43. The number of methoxy groups -OCH3 is 1. The molecule has 0 saturated heterocycles. The number of thiocarbonyl (C=S) groups is 1. The molecule has 0 aliphatic heterocycles. The van der Waals surface area contributed by atoms with Crippen molar-refractivity contribution >= 4 is 51.2 Å². The Labute approximate surface area is 179 Å². The predicted octanol–water partition coefficient (Wildman–Crippen LogP) is 4.58. The minimum atomic E-state index is -0.565. The number of carbonyl (C=O) groups is 2. The van der Waals surface area contributed by atoms with Gasteiger partial charge in [-0.15, -0.1) is 11.3 Å². The molecule has 2 rings (SSSR count). The molecule has 0 saturated carbocycles. The van der Waals surface area contributed by atoms with E-state index in [2.05, 4.69) is 10.6 Å². The first kappa shape index (κ1) is 22.8.